The van der Waals surface area contributed by atoms with E-state index in [1.807, 2.05) is 0 Å². The Kier molecular flexibility index (Phi) is 5.34. The molecule has 4 nitrogen and oxygen atoms in total. The Balaban J connectivity index is 4.51. The molecule has 0 amide bonds. The average Bonchev–Trinajstić information content (AvgIpc) is 2.27. The summed E-state index contributed by atoms with van der Waals surface area (Å²) in [5, 5.41) is 8.01. The lowest BCUT2D eigenvalue weighted by atomic mass is 9.91. The third-order valence-electron chi connectivity index (χ3n) is 2.81. The van der Waals surface area contributed by atoms with Crippen LogP contribution in [0, 0.1) is 5.41 Å². The molecule has 0 rings (SSSR count). The van der Waals surface area contributed by atoms with Crippen LogP contribution in [0.1, 0.15) is 33.6 Å². The van der Waals surface area contributed by atoms with Gasteiger partial charge in [-0.2, -0.15) is 17.6 Å². The Bertz CT molecular complexity index is 353. The van der Waals surface area contributed by atoms with Crippen molar-refractivity contribution in [1.29, 1.82) is 0 Å². The molecule has 0 bridgehead atoms. The van der Waals surface area contributed by atoms with Gasteiger partial charge in [0, 0.05) is 0 Å². The third kappa shape index (κ3) is 4.07. The molecule has 0 radical (unpaired) electrons. The van der Waals surface area contributed by atoms with Crippen molar-refractivity contribution in [2.45, 2.75) is 45.5 Å². The molecule has 112 valence electrons. The van der Waals surface area contributed by atoms with Crippen LogP contribution >= 0.6 is 0 Å². The van der Waals surface area contributed by atoms with E-state index in [9.17, 15) is 27.2 Å². The molecule has 0 aromatic rings. The molecule has 1 N–H and O–H groups in total. The van der Waals surface area contributed by atoms with Crippen molar-refractivity contribution in [3.63, 3.8) is 0 Å². The van der Waals surface area contributed by atoms with Gasteiger partial charge in [-0.1, -0.05) is 6.92 Å². The summed E-state index contributed by atoms with van der Waals surface area (Å²) >= 11 is 0. The number of carbonyl (C=O) groups excluding carboxylic acids is 1. The van der Waals surface area contributed by atoms with Gasteiger partial charge in [-0.3, -0.25) is 4.79 Å². The fourth-order valence-electron chi connectivity index (χ4n) is 0.925. The quantitative estimate of drug-likeness (QED) is 0.578. The van der Waals surface area contributed by atoms with Crippen molar-refractivity contribution < 1.29 is 37.0 Å². The SMILES string of the molecule is CCC(C)(C)C(=O)OCCC(F)(F)C(F)(F)C(=O)O. The number of carboxylic acid groups (broad SMARTS) is 1. The molecule has 0 aliphatic rings. The zero-order chi connectivity index (χ0) is 15.5. The highest BCUT2D eigenvalue weighted by atomic mass is 19.3. The minimum absolute atomic E-state index is 0.382. The van der Waals surface area contributed by atoms with Crippen LogP contribution in [0.5, 0.6) is 0 Å². The second-order valence-corrected chi connectivity index (χ2v) is 4.71. The lowest BCUT2D eigenvalue weighted by molar-refractivity contribution is -0.228. The highest BCUT2D eigenvalue weighted by Crippen LogP contribution is 2.37. The van der Waals surface area contributed by atoms with Crippen LogP contribution in [0.2, 0.25) is 0 Å². The second-order valence-electron chi connectivity index (χ2n) is 4.71. The van der Waals surface area contributed by atoms with Crippen LogP contribution in [-0.4, -0.2) is 35.5 Å². The van der Waals surface area contributed by atoms with Crippen molar-refractivity contribution in [3.8, 4) is 0 Å². The fourth-order valence-corrected chi connectivity index (χ4v) is 0.925. The number of aliphatic carboxylic acids is 1. The Labute approximate surface area is 107 Å². The van der Waals surface area contributed by atoms with Gasteiger partial charge >= 0.3 is 23.8 Å². The van der Waals surface area contributed by atoms with E-state index in [4.69, 9.17) is 5.11 Å². The summed E-state index contributed by atoms with van der Waals surface area (Å²) in [6, 6.07) is 0. The predicted octanol–water partition coefficient (Wildman–Crippen LogP) is 2.71. The molecule has 0 unspecified atom stereocenters. The number of hydrogen-bond donors (Lipinski definition) is 1. The number of alkyl halides is 4. The third-order valence-corrected chi connectivity index (χ3v) is 2.81. The first-order chi connectivity index (χ1) is 8.38. The first-order valence-electron chi connectivity index (χ1n) is 5.54. The zero-order valence-electron chi connectivity index (χ0n) is 10.8. The summed E-state index contributed by atoms with van der Waals surface area (Å²) in [6.45, 7) is 3.73. The number of rotatable bonds is 7. The molecule has 19 heavy (non-hydrogen) atoms. The standard InChI is InChI=1S/C11H16F4O4/c1-4-9(2,3)8(18)19-6-5-10(12,13)11(14,15)7(16)17/h4-6H2,1-3H3,(H,16,17). The minimum Gasteiger partial charge on any atom is -0.477 e. The van der Waals surface area contributed by atoms with Gasteiger partial charge < -0.3 is 9.84 Å². The van der Waals surface area contributed by atoms with Gasteiger partial charge in [-0.05, 0) is 20.3 Å². The van der Waals surface area contributed by atoms with E-state index in [0.717, 1.165) is 0 Å². The molecule has 0 spiro atoms. The van der Waals surface area contributed by atoms with Crippen molar-refractivity contribution in [3.05, 3.63) is 0 Å². The maximum atomic E-state index is 13.0. The molecule has 0 aromatic heterocycles. The number of ether oxygens (including phenoxy) is 1. The highest BCUT2D eigenvalue weighted by Gasteiger charge is 2.62. The van der Waals surface area contributed by atoms with Gasteiger partial charge in [-0.25, -0.2) is 4.79 Å². The molecule has 0 saturated heterocycles. The summed E-state index contributed by atoms with van der Waals surface area (Å²) in [4.78, 5) is 21.4. The molecule has 0 heterocycles. The van der Waals surface area contributed by atoms with Gasteiger partial charge in [0.15, 0.2) is 0 Å². The summed E-state index contributed by atoms with van der Waals surface area (Å²) in [6.07, 6.45) is -1.18. The van der Waals surface area contributed by atoms with Crippen LogP contribution in [0.3, 0.4) is 0 Å². The number of carbonyl (C=O) groups is 2. The van der Waals surface area contributed by atoms with Gasteiger partial charge in [0.1, 0.15) is 0 Å². The number of halogens is 4. The first-order valence-corrected chi connectivity index (χ1v) is 5.54. The fraction of sp³-hybridized carbons (Fsp3) is 0.818. The maximum Gasteiger partial charge on any atom is 0.404 e. The second kappa shape index (κ2) is 5.75. The number of carboxylic acids is 1. The molecule has 0 fully saturated rings. The number of esters is 1. The van der Waals surface area contributed by atoms with Crippen molar-refractivity contribution in [2.75, 3.05) is 6.61 Å². The monoisotopic (exact) mass is 288 g/mol. The van der Waals surface area contributed by atoms with E-state index in [1.54, 1.807) is 6.92 Å². The summed E-state index contributed by atoms with van der Waals surface area (Å²) < 4.78 is 55.7. The van der Waals surface area contributed by atoms with Crippen LogP contribution in [-0.2, 0) is 14.3 Å². The summed E-state index contributed by atoms with van der Waals surface area (Å²) in [7, 11) is 0. The lowest BCUT2D eigenvalue weighted by Crippen LogP contribution is -2.47. The van der Waals surface area contributed by atoms with Gasteiger partial charge in [0.05, 0.1) is 18.4 Å². The summed E-state index contributed by atoms with van der Waals surface area (Å²) in [5.41, 5.74) is -0.912. The van der Waals surface area contributed by atoms with Crippen molar-refractivity contribution in [2.24, 2.45) is 5.41 Å². The zero-order valence-corrected chi connectivity index (χ0v) is 10.8. The normalized spacial score (nSPS) is 13.2. The minimum atomic E-state index is -5.19. The van der Waals surface area contributed by atoms with E-state index < -0.39 is 42.2 Å². The van der Waals surface area contributed by atoms with Crippen molar-refractivity contribution in [1.82, 2.24) is 0 Å². The Hall–Kier alpha value is -1.34. The van der Waals surface area contributed by atoms with E-state index in [1.165, 1.54) is 13.8 Å². The molecule has 8 heteroatoms. The smallest absolute Gasteiger partial charge is 0.404 e. The molecule has 0 saturated carbocycles. The molecule has 0 aliphatic carbocycles. The first kappa shape index (κ1) is 17.7. The average molecular weight is 288 g/mol. The Morgan fingerprint density at radius 3 is 2.00 bits per heavy atom. The highest BCUT2D eigenvalue weighted by molar-refractivity contribution is 5.77. The van der Waals surface area contributed by atoms with Crippen molar-refractivity contribution >= 4 is 11.9 Å². The Morgan fingerprint density at radius 1 is 1.16 bits per heavy atom. The molecule has 0 atom stereocenters. The molecule has 0 aromatic carbocycles. The van der Waals surface area contributed by atoms with Crippen LogP contribution in [0.4, 0.5) is 17.6 Å². The van der Waals surface area contributed by atoms with E-state index >= 15 is 0 Å². The number of hydrogen-bond acceptors (Lipinski definition) is 3. The Morgan fingerprint density at radius 2 is 1.63 bits per heavy atom. The molecule has 0 aliphatic heterocycles. The van der Waals surface area contributed by atoms with E-state index in [2.05, 4.69) is 4.74 Å². The van der Waals surface area contributed by atoms with Crippen LogP contribution in [0.25, 0.3) is 0 Å². The van der Waals surface area contributed by atoms with E-state index in [-0.39, 0.29) is 0 Å². The molecular weight excluding hydrogens is 272 g/mol. The van der Waals surface area contributed by atoms with Gasteiger partial charge in [0.25, 0.3) is 0 Å². The van der Waals surface area contributed by atoms with Crippen LogP contribution in [0.15, 0.2) is 0 Å². The molecular formula is C11H16F4O4. The maximum absolute atomic E-state index is 13.0. The van der Waals surface area contributed by atoms with Gasteiger partial charge in [0.2, 0.25) is 0 Å². The topological polar surface area (TPSA) is 63.6 Å². The largest absolute Gasteiger partial charge is 0.477 e. The summed E-state index contributed by atoms with van der Waals surface area (Å²) in [5.74, 6) is -13.7. The van der Waals surface area contributed by atoms with Crippen LogP contribution < -0.4 is 0 Å². The van der Waals surface area contributed by atoms with E-state index in [0.29, 0.717) is 6.42 Å². The predicted molar refractivity (Wildman–Crippen MR) is 57.2 cm³/mol. The van der Waals surface area contributed by atoms with Gasteiger partial charge in [-0.15, -0.1) is 0 Å². The lowest BCUT2D eigenvalue weighted by Gasteiger charge is -2.24.